The fourth-order valence-electron chi connectivity index (χ4n) is 5.40. The Morgan fingerprint density at radius 2 is 1.30 bits per heavy atom. The van der Waals surface area contributed by atoms with Gasteiger partial charge in [0.2, 0.25) is 0 Å². The van der Waals surface area contributed by atoms with E-state index in [1.165, 1.54) is 7.11 Å². The Bertz CT molecular complexity index is 1110. The summed E-state index contributed by atoms with van der Waals surface area (Å²) in [6.45, 7) is 4.62. The van der Waals surface area contributed by atoms with Crippen molar-refractivity contribution in [3.8, 4) is 0 Å². The van der Waals surface area contributed by atoms with E-state index in [0.717, 1.165) is 17.5 Å². The Morgan fingerprint density at radius 1 is 0.750 bits per heavy atom. The number of esters is 1. The summed E-state index contributed by atoms with van der Waals surface area (Å²) in [6, 6.07) is 18.3. The Balaban J connectivity index is 1.47. The third-order valence-electron chi connectivity index (χ3n) is 8.14. The van der Waals surface area contributed by atoms with Crippen LogP contribution in [0.1, 0.15) is 50.7 Å². The number of rotatable bonds is 15. The van der Waals surface area contributed by atoms with E-state index >= 15 is 0 Å². The molecule has 11 heteroatoms. The molecule has 244 valence electrons. The maximum Gasteiger partial charge on any atom is 0.305 e. The van der Waals surface area contributed by atoms with Gasteiger partial charge in [0.25, 0.3) is 0 Å². The van der Waals surface area contributed by atoms with Crippen LogP contribution in [0.15, 0.2) is 60.7 Å². The highest BCUT2D eigenvalue weighted by Gasteiger charge is 2.50. The summed E-state index contributed by atoms with van der Waals surface area (Å²) in [5.74, 6) is -0.234. The molecule has 4 rings (SSSR count). The molecule has 11 nitrogen and oxygen atoms in total. The zero-order valence-corrected chi connectivity index (χ0v) is 25.9. The van der Waals surface area contributed by atoms with Gasteiger partial charge in [0.1, 0.15) is 24.4 Å². The van der Waals surface area contributed by atoms with E-state index in [1.54, 1.807) is 0 Å². The molecular formula is C33H48N2O9. The fraction of sp³-hybridized carbons (Fsp3) is 0.606. The molecule has 0 bridgehead atoms. The van der Waals surface area contributed by atoms with E-state index in [1.807, 2.05) is 74.5 Å². The molecule has 0 amide bonds. The Hall–Kier alpha value is -2.45. The first-order chi connectivity index (χ1) is 21.3. The number of aliphatic hydroxyl groups is 1. The molecule has 2 aliphatic rings. The molecule has 5 N–H and O–H groups in total. The summed E-state index contributed by atoms with van der Waals surface area (Å²) >= 11 is 0. The Kier molecular flexibility index (Phi) is 13.5. The summed E-state index contributed by atoms with van der Waals surface area (Å²) in [5, 5.41) is 11.4. The number of ether oxygens (including phenoxy) is 7. The first-order valence-electron chi connectivity index (χ1n) is 15.4. The quantitative estimate of drug-likeness (QED) is 0.200. The molecule has 2 aliphatic heterocycles. The van der Waals surface area contributed by atoms with Crippen molar-refractivity contribution in [2.24, 2.45) is 11.5 Å². The molecule has 10 atom stereocenters. The van der Waals surface area contributed by atoms with E-state index in [4.69, 9.17) is 44.6 Å². The molecule has 10 unspecified atom stereocenters. The van der Waals surface area contributed by atoms with Gasteiger partial charge in [-0.15, -0.1) is 0 Å². The van der Waals surface area contributed by atoms with Gasteiger partial charge in [0.05, 0.1) is 44.6 Å². The van der Waals surface area contributed by atoms with Crippen molar-refractivity contribution in [1.82, 2.24) is 0 Å². The first kappa shape index (κ1) is 34.4. The number of aliphatic hydroxyl groups excluding tert-OH is 1. The van der Waals surface area contributed by atoms with Gasteiger partial charge in [-0.25, -0.2) is 0 Å². The van der Waals surface area contributed by atoms with Crippen LogP contribution in [0.4, 0.5) is 0 Å². The number of unbranched alkanes of at least 4 members (excludes halogenated alkanes) is 2. The second-order valence-electron chi connectivity index (χ2n) is 11.4. The van der Waals surface area contributed by atoms with E-state index in [-0.39, 0.29) is 12.6 Å². The number of nitrogens with two attached hydrogens (primary N) is 2. The molecule has 2 saturated heterocycles. The minimum absolute atomic E-state index is 0.234. The van der Waals surface area contributed by atoms with Crippen molar-refractivity contribution in [3.63, 3.8) is 0 Å². The molecule has 0 aliphatic carbocycles. The second kappa shape index (κ2) is 17.3. The average molecular weight is 617 g/mol. The fourth-order valence-corrected chi connectivity index (χ4v) is 5.40. The minimum atomic E-state index is -1.20. The van der Waals surface area contributed by atoms with Gasteiger partial charge in [-0.1, -0.05) is 67.1 Å². The molecule has 2 aromatic carbocycles. The van der Waals surface area contributed by atoms with Crippen molar-refractivity contribution < 1.29 is 43.1 Å². The van der Waals surface area contributed by atoms with Crippen LogP contribution in [0.2, 0.25) is 0 Å². The van der Waals surface area contributed by atoms with Gasteiger partial charge in [-0.3, -0.25) is 4.79 Å². The lowest BCUT2D eigenvalue weighted by molar-refractivity contribution is -0.350. The van der Waals surface area contributed by atoms with Gasteiger partial charge in [-0.2, -0.15) is 0 Å². The van der Waals surface area contributed by atoms with Crippen molar-refractivity contribution in [1.29, 1.82) is 0 Å². The predicted molar refractivity (Wildman–Crippen MR) is 162 cm³/mol. The summed E-state index contributed by atoms with van der Waals surface area (Å²) in [7, 11) is 1.38. The van der Waals surface area contributed by atoms with Crippen LogP contribution in [0.25, 0.3) is 0 Å². The average Bonchev–Trinajstić information content (AvgIpc) is 3.04. The lowest BCUT2D eigenvalue weighted by Crippen LogP contribution is -2.66. The van der Waals surface area contributed by atoms with E-state index in [0.29, 0.717) is 32.5 Å². The van der Waals surface area contributed by atoms with Crippen LogP contribution >= 0.6 is 0 Å². The zero-order chi connectivity index (χ0) is 31.5. The molecular weight excluding hydrogens is 568 g/mol. The van der Waals surface area contributed by atoms with Crippen LogP contribution in [0, 0.1) is 0 Å². The predicted octanol–water partition coefficient (Wildman–Crippen LogP) is 2.80. The summed E-state index contributed by atoms with van der Waals surface area (Å²) in [6.07, 6.45) is -3.74. The molecule has 2 fully saturated rings. The number of methoxy groups -OCH3 is 1. The lowest BCUT2D eigenvalue weighted by atomic mass is 9.95. The largest absolute Gasteiger partial charge is 0.469 e. The first-order valence-corrected chi connectivity index (χ1v) is 15.4. The summed E-state index contributed by atoms with van der Waals surface area (Å²) in [4.78, 5) is 11.4. The highest BCUT2D eigenvalue weighted by molar-refractivity contribution is 5.68. The topological polar surface area (TPSA) is 154 Å². The molecule has 0 aromatic heterocycles. The van der Waals surface area contributed by atoms with Crippen molar-refractivity contribution in [2.45, 2.75) is 114 Å². The minimum Gasteiger partial charge on any atom is -0.469 e. The third-order valence-corrected chi connectivity index (χ3v) is 8.14. The second-order valence-corrected chi connectivity index (χ2v) is 11.4. The van der Waals surface area contributed by atoms with Crippen molar-refractivity contribution >= 4 is 5.97 Å². The standard InChI is InChI=1S/C33H48N2O9/c1-21-26(34)29(40-19-23-13-7-4-8-14-23)28(37)32(42-21)44-31-30(41-20-24-15-9-5-10-16-24)27(35)22(2)43-33(31)39-18-12-6-11-17-25(36)38-3/h4-5,7-10,13-16,21-22,26-33,37H,6,11-12,17-20,34-35H2,1-3H3. The molecule has 44 heavy (non-hydrogen) atoms. The Labute approximate surface area is 260 Å². The van der Waals surface area contributed by atoms with E-state index in [9.17, 15) is 9.90 Å². The van der Waals surface area contributed by atoms with Crippen LogP contribution in [0.5, 0.6) is 0 Å². The van der Waals surface area contributed by atoms with Crippen LogP contribution < -0.4 is 11.5 Å². The van der Waals surface area contributed by atoms with Crippen molar-refractivity contribution in [2.75, 3.05) is 13.7 Å². The molecule has 2 heterocycles. The highest BCUT2D eigenvalue weighted by Crippen LogP contribution is 2.31. The molecule has 0 radical (unpaired) electrons. The van der Waals surface area contributed by atoms with Crippen LogP contribution in [-0.2, 0) is 51.2 Å². The van der Waals surface area contributed by atoms with Gasteiger partial charge in [-0.05, 0) is 37.8 Å². The third kappa shape index (κ3) is 9.53. The van der Waals surface area contributed by atoms with Crippen LogP contribution in [0.3, 0.4) is 0 Å². The smallest absolute Gasteiger partial charge is 0.305 e. The normalized spacial score (nSPS) is 32.3. The maximum atomic E-state index is 11.4. The van der Waals surface area contributed by atoms with E-state index in [2.05, 4.69) is 0 Å². The van der Waals surface area contributed by atoms with Gasteiger partial charge < -0.3 is 49.7 Å². The van der Waals surface area contributed by atoms with Gasteiger partial charge in [0, 0.05) is 13.0 Å². The number of carbonyl (C=O) groups is 1. The lowest BCUT2D eigenvalue weighted by Gasteiger charge is -2.48. The number of benzene rings is 2. The summed E-state index contributed by atoms with van der Waals surface area (Å²) < 4.78 is 42.2. The van der Waals surface area contributed by atoms with Crippen LogP contribution in [-0.4, -0.2) is 86.1 Å². The SMILES string of the molecule is COC(=O)CCCCCOC1OC(C)C(N)C(OCc2ccccc2)C1OC1OC(C)C(N)C(OCc2ccccc2)C1O. The number of hydrogen-bond acceptors (Lipinski definition) is 11. The van der Waals surface area contributed by atoms with Gasteiger partial charge >= 0.3 is 5.97 Å². The monoisotopic (exact) mass is 616 g/mol. The number of carbonyl (C=O) groups excluding carboxylic acids is 1. The maximum absolute atomic E-state index is 11.4. The summed E-state index contributed by atoms with van der Waals surface area (Å²) in [5.41, 5.74) is 15.0. The Morgan fingerprint density at radius 3 is 1.89 bits per heavy atom. The highest BCUT2D eigenvalue weighted by atomic mass is 16.8. The molecule has 2 aromatic rings. The van der Waals surface area contributed by atoms with Gasteiger partial charge in [0.15, 0.2) is 12.6 Å². The van der Waals surface area contributed by atoms with Crippen molar-refractivity contribution in [3.05, 3.63) is 71.8 Å². The number of hydrogen-bond donors (Lipinski definition) is 3. The molecule has 0 saturated carbocycles. The zero-order valence-electron chi connectivity index (χ0n) is 25.9. The molecule has 0 spiro atoms. The van der Waals surface area contributed by atoms with E-state index < -0.39 is 61.3 Å².